The second-order valence-electron chi connectivity index (χ2n) is 5.20. The largest absolute Gasteiger partial charge is 0.409 e. The highest BCUT2D eigenvalue weighted by Crippen LogP contribution is 2.32. The Labute approximate surface area is 105 Å². The third-order valence-electron chi connectivity index (χ3n) is 2.95. The molecule has 18 heavy (non-hydrogen) atoms. The van der Waals surface area contributed by atoms with E-state index in [0.29, 0.717) is 6.54 Å². The number of amidine groups is 1. The summed E-state index contributed by atoms with van der Waals surface area (Å²) in [7, 11) is 0. The van der Waals surface area contributed by atoms with E-state index in [1.807, 2.05) is 13.8 Å². The molecule has 4 nitrogen and oxygen atoms in total. The predicted molar refractivity (Wildman–Crippen MR) is 62.4 cm³/mol. The Morgan fingerprint density at radius 2 is 1.94 bits per heavy atom. The molecule has 3 N–H and O–H groups in total. The van der Waals surface area contributed by atoms with Crippen molar-refractivity contribution in [2.24, 2.45) is 22.7 Å². The molecule has 1 aliphatic rings. The summed E-state index contributed by atoms with van der Waals surface area (Å²) < 4.78 is 38.5. The van der Waals surface area contributed by atoms with E-state index in [1.165, 1.54) is 0 Å². The number of nitrogens with two attached hydrogens (primary N) is 1. The first-order valence-electron chi connectivity index (χ1n) is 6.03. The molecule has 106 valence electrons. The highest BCUT2D eigenvalue weighted by molar-refractivity contribution is 5.83. The summed E-state index contributed by atoms with van der Waals surface area (Å²) in [6.07, 6.45) is -2.64. The molecule has 0 saturated heterocycles. The van der Waals surface area contributed by atoms with Crippen molar-refractivity contribution in [1.29, 1.82) is 0 Å². The van der Waals surface area contributed by atoms with Crippen molar-refractivity contribution in [3.05, 3.63) is 0 Å². The first-order valence-corrected chi connectivity index (χ1v) is 6.03. The van der Waals surface area contributed by atoms with Crippen LogP contribution in [0, 0.1) is 11.8 Å². The van der Waals surface area contributed by atoms with Crippen LogP contribution >= 0.6 is 0 Å². The minimum atomic E-state index is -4.49. The number of hydrogen-bond donors (Lipinski definition) is 2. The summed E-state index contributed by atoms with van der Waals surface area (Å²) >= 11 is 0. The molecule has 0 aromatic heterocycles. The van der Waals surface area contributed by atoms with Crippen molar-refractivity contribution in [3.8, 4) is 0 Å². The van der Waals surface area contributed by atoms with Gasteiger partial charge in [-0.05, 0) is 18.8 Å². The Morgan fingerprint density at radius 3 is 2.28 bits per heavy atom. The lowest BCUT2D eigenvalue weighted by atomic mass is 10.1. The van der Waals surface area contributed by atoms with Gasteiger partial charge in [0.2, 0.25) is 0 Å². The number of rotatable bonds is 6. The fourth-order valence-electron chi connectivity index (χ4n) is 1.95. The van der Waals surface area contributed by atoms with Gasteiger partial charge in [-0.2, -0.15) is 13.2 Å². The van der Waals surface area contributed by atoms with Crippen LogP contribution in [-0.4, -0.2) is 41.3 Å². The molecule has 0 heterocycles. The molecule has 0 bridgehead atoms. The van der Waals surface area contributed by atoms with Crippen LogP contribution in [-0.2, 0) is 0 Å². The van der Waals surface area contributed by atoms with E-state index >= 15 is 0 Å². The predicted octanol–water partition coefficient (Wildman–Crippen LogP) is 2.03. The monoisotopic (exact) mass is 267 g/mol. The van der Waals surface area contributed by atoms with Gasteiger partial charge in [0.05, 0.1) is 0 Å². The van der Waals surface area contributed by atoms with Gasteiger partial charge in [0.25, 0.3) is 0 Å². The quantitative estimate of drug-likeness (QED) is 0.335. The first kappa shape index (κ1) is 15.1. The summed E-state index contributed by atoms with van der Waals surface area (Å²) in [5.74, 6) is -2.38. The molecule has 1 rings (SSSR count). The maximum absolute atomic E-state index is 12.8. The van der Waals surface area contributed by atoms with E-state index in [-0.39, 0.29) is 18.5 Å². The molecule has 1 fully saturated rings. The molecule has 0 spiro atoms. The Bertz CT molecular complexity index is 300. The highest BCUT2D eigenvalue weighted by atomic mass is 19.4. The summed E-state index contributed by atoms with van der Waals surface area (Å²) in [5.41, 5.74) is 5.16. The second kappa shape index (κ2) is 5.77. The molecule has 0 amide bonds. The van der Waals surface area contributed by atoms with Crippen molar-refractivity contribution in [2.45, 2.75) is 38.9 Å². The Morgan fingerprint density at radius 1 is 1.39 bits per heavy atom. The fraction of sp³-hybridized carbons (Fsp3) is 0.909. The van der Waals surface area contributed by atoms with E-state index in [9.17, 15) is 13.2 Å². The van der Waals surface area contributed by atoms with Crippen LogP contribution < -0.4 is 5.73 Å². The normalized spacial score (nSPS) is 19.6. The average molecular weight is 267 g/mol. The van der Waals surface area contributed by atoms with Gasteiger partial charge in [-0.3, -0.25) is 4.90 Å². The van der Waals surface area contributed by atoms with Crippen LogP contribution in [0.25, 0.3) is 0 Å². The average Bonchev–Trinajstić information content (AvgIpc) is 3.04. The van der Waals surface area contributed by atoms with Crippen LogP contribution in [0.5, 0.6) is 0 Å². The van der Waals surface area contributed by atoms with Gasteiger partial charge in [-0.15, -0.1) is 0 Å². The van der Waals surface area contributed by atoms with E-state index < -0.39 is 17.9 Å². The van der Waals surface area contributed by atoms with Gasteiger partial charge >= 0.3 is 6.18 Å². The van der Waals surface area contributed by atoms with E-state index in [2.05, 4.69) is 5.16 Å². The van der Waals surface area contributed by atoms with Gasteiger partial charge < -0.3 is 10.9 Å². The molecular formula is C11H20F3N3O. The van der Waals surface area contributed by atoms with Crippen LogP contribution in [0.15, 0.2) is 5.16 Å². The molecule has 1 unspecified atom stereocenters. The van der Waals surface area contributed by atoms with Gasteiger partial charge in [0.15, 0.2) is 5.84 Å². The fourth-order valence-corrected chi connectivity index (χ4v) is 1.95. The minimum Gasteiger partial charge on any atom is -0.409 e. The summed E-state index contributed by atoms with van der Waals surface area (Å²) in [5, 5.41) is 11.0. The van der Waals surface area contributed by atoms with Gasteiger partial charge in [-0.1, -0.05) is 19.0 Å². The number of oxime groups is 1. The van der Waals surface area contributed by atoms with Crippen molar-refractivity contribution < 1.29 is 18.4 Å². The van der Waals surface area contributed by atoms with E-state index in [4.69, 9.17) is 10.9 Å². The molecule has 0 aromatic carbocycles. The zero-order valence-electron chi connectivity index (χ0n) is 10.6. The molecule has 1 atom stereocenters. The lowest BCUT2D eigenvalue weighted by Crippen LogP contribution is -2.46. The highest BCUT2D eigenvalue weighted by Gasteiger charge is 2.45. The Kier molecular flexibility index (Phi) is 4.84. The first-order chi connectivity index (χ1) is 8.25. The zero-order valence-corrected chi connectivity index (χ0v) is 10.6. The van der Waals surface area contributed by atoms with Crippen LogP contribution in [0.2, 0.25) is 0 Å². The Hall–Kier alpha value is -0.980. The standard InChI is InChI=1S/C11H20F3N3O/c1-7(2)5-17(8-3-4-8)6-9(10(15)16-18)11(12,13)14/h7-9,18H,3-6H2,1-2H3,(H2,15,16). The third-order valence-corrected chi connectivity index (χ3v) is 2.95. The van der Waals surface area contributed by atoms with Crippen molar-refractivity contribution >= 4 is 5.84 Å². The minimum absolute atomic E-state index is 0.212. The SMILES string of the molecule is CC(C)CN(CC(C(N)=NO)C(F)(F)F)C1CC1. The van der Waals surface area contributed by atoms with Crippen molar-refractivity contribution in [1.82, 2.24) is 4.90 Å². The van der Waals surface area contributed by atoms with Crippen LogP contribution in [0.1, 0.15) is 26.7 Å². The lowest BCUT2D eigenvalue weighted by Gasteiger charge is -2.29. The second-order valence-corrected chi connectivity index (χ2v) is 5.20. The van der Waals surface area contributed by atoms with Crippen molar-refractivity contribution in [2.75, 3.05) is 13.1 Å². The molecule has 0 radical (unpaired) electrons. The lowest BCUT2D eigenvalue weighted by molar-refractivity contribution is -0.160. The van der Waals surface area contributed by atoms with Gasteiger partial charge in [0, 0.05) is 19.1 Å². The molecule has 7 heteroatoms. The van der Waals surface area contributed by atoms with Crippen molar-refractivity contribution in [3.63, 3.8) is 0 Å². The number of hydrogen-bond acceptors (Lipinski definition) is 3. The van der Waals surface area contributed by atoms with Crippen LogP contribution in [0.3, 0.4) is 0 Å². The maximum Gasteiger partial charge on any atom is 0.400 e. The van der Waals surface area contributed by atoms with Crippen LogP contribution in [0.4, 0.5) is 13.2 Å². The Balaban J connectivity index is 2.73. The topological polar surface area (TPSA) is 61.8 Å². The van der Waals surface area contributed by atoms with E-state index in [1.54, 1.807) is 4.90 Å². The molecule has 1 aliphatic carbocycles. The summed E-state index contributed by atoms with van der Waals surface area (Å²) in [4.78, 5) is 1.79. The maximum atomic E-state index is 12.8. The third kappa shape index (κ3) is 4.36. The van der Waals surface area contributed by atoms with Gasteiger partial charge in [-0.25, -0.2) is 0 Å². The molecule has 1 saturated carbocycles. The number of halogens is 3. The molecule has 0 aromatic rings. The summed E-state index contributed by atoms with van der Waals surface area (Å²) in [6.45, 7) is 4.28. The summed E-state index contributed by atoms with van der Waals surface area (Å²) in [6, 6.07) is 0.212. The molecular weight excluding hydrogens is 247 g/mol. The smallest absolute Gasteiger partial charge is 0.400 e. The zero-order chi connectivity index (χ0) is 13.9. The van der Waals surface area contributed by atoms with Gasteiger partial charge in [0.1, 0.15) is 5.92 Å². The number of alkyl halides is 3. The molecule has 0 aliphatic heterocycles. The van der Waals surface area contributed by atoms with E-state index in [0.717, 1.165) is 12.8 Å². The number of nitrogens with zero attached hydrogens (tertiary/aromatic N) is 2.